The van der Waals surface area contributed by atoms with Crippen LogP contribution in [-0.2, 0) is 0 Å². The standard InChI is InChI=1S/C19H17ClN2/c1-22(2)17-8-4-14(5-9-17)3-6-15-11-12-21-19-10-7-16(20)13-18(15)19/h3-13H,1-2H3/b6-3-. The summed E-state index contributed by atoms with van der Waals surface area (Å²) >= 11 is 6.10. The van der Waals surface area contributed by atoms with Crippen LogP contribution in [0.3, 0.4) is 0 Å². The topological polar surface area (TPSA) is 16.1 Å². The minimum atomic E-state index is 0.727. The van der Waals surface area contributed by atoms with Crippen molar-refractivity contribution in [2.75, 3.05) is 19.0 Å². The van der Waals surface area contributed by atoms with Crippen LogP contribution >= 0.6 is 11.6 Å². The van der Waals surface area contributed by atoms with E-state index in [0.717, 1.165) is 27.1 Å². The van der Waals surface area contributed by atoms with E-state index in [1.165, 1.54) is 5.69 Å². The maximum atomic E-state index is 6.10. The van der Waals surface area contributed by atoms with Crippen molar-refractivity contribution in [1.82, 2.24) is 4.98 Å². The van der Waals surface area contributed by atoms with Crippen LogP contribution in [0.2, 0.25) is 5.02 Å². The number of benzene rings is 2. The molecule has 0 bridgehead atoms. The second kappa shape index (κ2) is 6.20. The van der Waals surface area contributed by atoms with E-state index in [0.29, 0.717) is 0 Å². The molecule has 0 aliphatic carbocycles. The van der Waals surface area contributed by atoms with Crippen molar-refractivity contribution in [2.24, 2.45) is 0 Å². The van der Waals surface area contributed by atoms with Crippen LogP contribution in [0.5, 0.6) is 0 Å². The zero-order valence-electron chi connectivity index (χ0n) is 12.6. The fourth-order valence-electron chi connectivity index (χ4n) is 2.35. The highest BCUT2D eigenvalue weighted by atomic mass is 35.5. The first-order valence-electron chi connectivity index (χ1n) is 7.13. The smallest absolute Gasteiger partial charge is 0.0709 e. The van der Waals surface area contributed by atoms with Gasteiger partial charge in [0.15, 0.2) is 0 Å². The van der Waals surface area contributed by atoms with Crippen molar-refractivity contribution < 1.29 is 0 Å². The summed E-state index contributed by atoms with van der Waals surface area (Å²) in [5, 5.41) is 1.79. The summed E-state index contributed by atoms with van der Waals surface area (Å²) in [4.78, 5) is 6.46. The third-order valence-corrected chi connectivity index (χ3v) is 3.84. The molecular formula is C19H17ClN2. The van der Waals surface area contributed by atoms with Gasteiger partial charge in [0.05, 0.1) is 5.52 Å². The van der Waals surface area contributed by atoms with E-state index in [9.17, 15) is 0 Å². The molecule has 3 rings (SSSR count). The lowest BCUT2D eigenvalue weighted by Gasteiger charge is -2.11. The average molecular weight is 309 g/mol. The van der Waals surface area contributed by atoms with Gasteiger partial charge in [-0.2, -0.15) is 0 Å². The highest BCUT2D eigenvalue weighted by Gasteiger charge is 2.00. The Bertz CT molecular complexity index is 820. The minimum absolute atomic E-state index is 0.727. The quantitative estimate of drug-likeness (QED) is 0.667. The number of nitrogens with zero attached hydrogens (tertiary/aromatic N) is 2. The van der Waals surface area contributed by atoms with Crippen molar-refractivity contribution in [3.05, 3.63) is 70.9 Å². The molecular weight excluding hydrogens is 292 g/mol. The Morgan fingerprint density at radius 3 is 2.45 bits per heavy atom. The number of rotatable bonds is 3. The van der Waals surface area contributed by atoms with Crippen LogP contribution in [-0.4, -0.2) is 19.1 Å². The zero-order valence-corrected chi connectivity index (χ0v) is 13.4. The van der Waals surface area contributed by atoms with Gasteiger partial charge < -0.3 is 4.90 Å². The first-order chi connectivity index (χ1) is 10.6. The molecule has 0 atom stereocenters. The number of halogens is 1. The molecule has 3 aromatic rings. The molecule has 0 spiro atoms. The molecule has 3 heteroatoms. The van der Waals surface area contributed by atoms with Crippen molar-refractivity contribution in [3.8, 4) is 0 Å². The molecule has 0 saturated carbocycles. The van der Waals surface area contributed by atoms with Crippen molar-refractivity contribution in [3.63, 3.8) is 0 Å². The summed E-state index contributed by atoms with van der Waals surface area (Å²) in [5.74, 6) is 0. The molecule has 110 valence electrons. The van der Waals surface area contributed by atoms with Crippen LogP contribution in [0.25, 0.3) is 23.1 Å². The fraction of sp³-hybridized carbons (Fsp3) is 0.105. The van der Waals surface area contributed by atoms with Gasteiger partial charge in [0.1, 0.15) is 0 Å². The molecule has 0 aliphatic rings. The first kappa shape index (κ1) is 14.6. The Morgan fingerprint density at radius 1 is 0.955 bits per heavy atom. The van der Waals surface area contributed by atoms with Gasteiger partial charge in [0.25, 0.3) is 0 Å². The number of fused-ring (bicyclic) bond motifs is 1. The summed E-state index contributed by atoms with van der Waals surface area (Å²) in [7, 11) is 4.08. The van der Waals surface area contributed by atoms with Crippen LogP contribution < -0.4 is 4.90 Å². The predicted octanol–water partition coefficient (Wildman–Crippen LogP) is 5.12. The monoisotopic (exact) mass is 308 g/mol. The maximum Gasteiger partial charge on any atom is 0.0709 e. The molecule has 0 amide bonds. The Hall–Kier alpha value is -2.32. The van der Waals surface area contributed by atoms with E-state index in [-0.39, 0.29) is 0 Å². The third-order valence-electron chi connectivity index (χ3n) is 3.60. The summed E-state index contributed by atoms with van der Waals surface area (Å²) in [6, 6.07) is 16.2. The zero-order chi connectivity index (χ0) is 15.5. The molecule has 1 heterocycles. The van der Waals surface area contributed by atoms with Crippen molar-refractivity contribution in [1.29, 1.82) is 0 Å². The maximum absolute atomic E-state index is 6.10. The normalized spacial score (nSPS) is 11.2. The lowest BCUT2D eigenvalue weighted by molar-refractivity contribution is 1.13. The molecule has 0 radical (unpaired) electrons. The summed E-state index contributed by atoms with van der Waals surface area (Å²) in [6.07, 6.45) is 6.03. The van der Waals surface area contributed by atoms with Crippen molar-refractivity contribution >= 4 is 40.3 Å². The van der Waals surface area contributed by atoms with Gasteiger partial charge in [-0.15, -0.1) is 0 Å². The molecule has 1 aromatic heterocycles. The van der Waals surface area contributed by atoms with Crippen molar-refractivity contribution in [2.45, 2.75) is 0 Å². The molecule has 2 aromatic carbocycles. The van der Waals surface area contributed by atoms with Gasteiger partial charge in [-0.3, -0.25) is 4.98 Å². The minimum Gasteiger partial charge on any atom is -0.378 e. The second-order valence-corrected chi connectivity index (χ2v) is 5.82. The van der Waals surface area contributed by atoms with Gasteiger partial charge in [0.2, 0.25) is 0 Å². The van der Waals surface area contributed by atoms with Gasteiger partial charge in [-0.05, 0) is 47.5 Å². The number of hydrogen-bond donors (Lipinski definition) is 0. The van der Waals surface area contributed by atoms with Crippen LogP contribution in [0.4, 0.5) is 5.69 Å². The molecule has 0 saturated heterocycles. The molecule has 0 aliphatic heterocycles. The highest BCUT2D eigenvalue weighted by molar-refractivity contribution is 6.31. The lowest BCUT2D eigenvalue weighted by atomic mass is 10.1. The molecule has 0 unspecified atom stereocenters. The third kappa shape index (κ3) is 3.12. The fourth-order valence-corrected chi connectivity index (χ4v) is 2.53. The number of hydrogen-bond acceptors (Lipinski definition) is 2. The van der Waals surface area contributed by atoms with Gasteiger partial charge >= 0.3 is 0 Å². The van der Waals surface area contributed by atoms with E-state index < -0.39 is 0 Å². The summed E-state index contributed by atoms with van der Waals surface area (Å²) < 4.78 is 0. The number of aromatic nitrogens is 1. The Balaban J connectivity index is 1.93. The Kier molecular flexibility index (Phi) is 4.12. The first-order valence-corrected chi connectivity index (χ1v) is 7.51. The second-order valence-electron chi connectivity index (χ2n) is 5.38. The average Bonchev–Trinajstić information content (AvgIpc) is 2.53. The number of pyridine rings is 1. The van der Waals surface area contributed by atoms with Gasteiger partial charge in [-0.25, -0.2) is 0 Å². The van der Waals surface area contributed by atoms with E-state index in [2.05, 4.69) is 46.3 Å². The highest BCUT2D eigenvalue weighted by Crippen LogP contribution is 2.23. The van der Waals surface area contributed by atoms with E-state index >= 15 is 0 Å². The Labute approximate surface area is 135 Å². The van der Waals surface area contributed by atoms with Crippen LogP contribution in [0, 0.1) is 0 Å². The van der Waals surface area contributed by atoms with E-state index in [1.54, 1.807) is 0 Å². The van der Waals surface area contributed by atoms with E-state index in [1.807, 2.05) is 44.6 Å². The molecule has 0 N–H and O–H groups in total. The van der Waals surface area contributed by atoms with Crippen LogP contribution in [0.1, 0.15) is 11.1 Å². The van der Waals surface area contributed by atoms with Gasteiger partial charge in [-0.1, -0.05) is 35.9 Å². The molecule has 22 heavy (non-hydrogen) atoms. The predicted molar refractivity (Wildman–Crippen MR) is 96.5 cm³/mol. The SMILES string of the molecule is CN(C)c1ccc(/C=C\c2ccnc3ccc(Cl)cc23)cc1. The number of anilines is 1. The largest absolute Gasteiger partial charge is 0.378 e. The molecule has 0 fully saturated rings. The Morgan fingerprint density at radius 2 is 1.73 bits per heavy atom. The summed E-state index contributed by atoms with van der Waals surface area (Å²) in [6.45, 7) is 0. The van der Waals surface area contributed by atoms with Crippen LogP contribution in [0.15, 0.2) is 54.7 Å². The molecule has 2 nitrogen and oxygen atoms in total. The lowest BCUT2D eigenvalue weighted by Crippen LogP contribution is -2.07. The van der Waals surface area contributed by atoms with E-state index in [4.69, 9.17) is 11.6 Å². The summed E-state index contributed by atoms with van der Waals surface area (Å²) in [5.41, 5.74) is 4.43. The van der Waals surface area contributed by atoms with Gasteiger partial charge in [0, 0.05) is 36.4 Å².